The summed E-state index contributed by atoms with van der Waals surface area (Å²) in [5.74, 6) is -0.258. The number of ether oxygens (including phenoxy) is 2. The number of hydrogen-bond acceptors (Lipinski definition) is 4. The molecule has 0 rings (SSSR count). The summed E-state index contributed by atoms with van der Waals surface area (Å²) >= 11 is 0. The van der Waals surface area contributed by atoms with E-state index >= 15 is 0 Å². The Balaban J connectivity index is 3.88. The Kier molecular flexibility index (Phi) is 7.24. The van der Waals surface area contributed by atoms with E-state index in [-0.39, 0.29) is 24.4 Å². The minimum Gasteiger partial charge on any atom is -0.352 e. The third kappa shape index (κ3) is 6.74. The number of rotatable bonds is 8. The standard InChI is InChI=1S/C10H18O4/c1-4-13-10(14-5-2)7-9(12)6-8(3)11/h10H,4-7H2,1-3H3. The van der Waals surface area contributed by atoms with Crippen molar-refractivity contribution in [2.75, 3.05) is 13.2 Å². The van der Waals surface area contributed by atoms with Gasteiger partial charge in [0.05, 0.1) is 12.8 Å². The van der Waals surface area contributed by atoms with Gasteiger partial charge in [0.2, 0.25) is 0 Å². The first-order valence-corrected chi connectivity index (χ1v) is 4.84. The highest BCUT2D eigenvalue weighted by Crippen LogP contribution is 2.04. The van der Waals surface area contributed by atoms with Gasteiger partial charge in [-0.2, -0.15) is 0 Å². The second kappa shape index (κ2) is 7.64. The molecule has 0 spiro atoms. The van der Waals surface area contributed by atoms with Crippen molar-refractivity contribution in [3.8, 4) is 0 Å². The predicted octanol–water partition coefficient (Wildman–Crippen LogP) is 1.32. The third-order valence-corrected chi connectivity index (χ3v) is 1.55. The van der Waals surface area contributed by atoms with Crippen LogP contribution in [0.5, 0.6) is 0 Å². The number of carbonyl (C=O) groups is 2. The first-order valence-electron chi connectivity index (χ1n) is 4.84. The van der Waals surface area contributed by atoms with Gasteiger partial charge in [-0.05, 0) is 20.8 Å². The van der Waals surface area contributed by atoms with Gasteiger partial charge < -0.3 is 9.47 Å². The van der Waals surface area contributed by atoms with Crippen molar-refractivity contribution in [3.05, 3.63) is 0 Å². The van der Waals surface area contributed by atoms with Crippen LogP contribution in [0, 0.1) is 0 Å². The van der Waals surface area contributed by atoms with Crippen LogP contribution in [-0.2, 0) is 19.1 Å². The molecule has 0 aliphatic carbocycles. The van der Waals surface area contributed by atoms with Crippen molar-refractivity contribution in [3.63, 3.8) is 0 Å². The molecule has 0 unspecified atom stereocenters. The normalized spacial score (nSPS) is 10.6. The Morgan fingerprint density at radius 3 is 2.00 bits per heavy atom. The van der Waals surface area contributed by atoms with Gasteiger partial charge >= 0.3 is 0 Å². The number of Topliss-reactive ketones (excluding diaryl/α,β-unsaturated/α-hetero) is 2. The molecular formula is C10H18O4. The lowest BCUT2D eigenvalue weighted by molar-refractivity contribution is -0.152. The zero-order chi connectivity index (χ0) is 11.0. The topological polar surface area (TPSA) is 52.6 Å². The number of ketones is 2. The molecule has 0 aromatic heterocycles. The fourth-order valence-electron chi connectivity index (χ4n) is 1.07. The summed E-state index contributed by atoms with van der Waals surface area (Å²) in [4.78, 5) is 21.9. The van der Waals surface area contributed by atoms with Gasteiger partial charge in [0.25, 0.3) is 0 Å². The van der Waals surface area contributed by atoms with E-state index in [1.54, 1.807) is 0 Å². The maximum Gasteiger partial charge on any atom is 0.164 e. The highest BCUT2D eigenvalue weighted by atomic mass is 16.7. The van der Waals surface area contributed by atoms with Gasteiger partial charge in [-0.3, -0.25) is 9.59 Å². The van der Waals surface area contributed by atoms with Gasteiger partial charge in [0.15, 0.2) is 6.29 Å². The largest absolute Gasteiger partial charge is 0.352 e. The van der Waals surface area contributed by atoms with E-state index in [0.29, 0.717) is 13.2 Å². The average Bonchev–Trinajstić information content (AvgIpc) is 2.03. The summed E-state index contributed by atoms with van der Waals surface area (Å²) < 4.78 is 10.4. The minimum absolute atomic E-state index is 0.0311. The van der Waals surface area contributed by atoms with E-state index in [1.165, 1.54) is 6.92 Å². The average molecular weight is 202 g/mol. The van der Waals surface area contributed by atoms with E-state index in [1.807, 2.05) is 13.8 Å². The van der Waals surface area contributed by atoms with Crippen molar-refractivity contribution < 1.29 is 19.1 Å². The molecule has 0 radical (unpaired) electrons. The molecule has 0 aliphatic heterocycles. The Morgan fingerprint density at radius 1 is 1.14 bits per heavy atom. The highest BCUT2D eigenvalue weighted by Gasteiger charge is 2.14. The van der Waals surface area contributed by atoms with E-state index in [2.05, 4.69) is 0 Å². The second-order valence-electron chi connectivity index (χ2n) is 2.96. The van der Waals surface area contributed by atoms with Crippen LogP contribution in [0.15, 0.2) is 0 Å². The van der Waals surface area contributed by atoms with Gasteiger partial charge in [0, 0.05) is 13.2 Å². The Bertz CT molecular complexity index is 183. The fraction of sp³-hybridized carbons (Fsp3) is 0.800. The molecule has 0 N–H and O–H groups in total. The van der Waals surface area contributed by atoms with Crippen molar-refractivity contribution in [2.24, 2.45) is 0 Å². The van der Waals surface area contributed by atoms with Crippen molar-refractivity contribution >= 4 is 11.6 Å². The zero-order valence-corrected chi connectivity index (χ0v) is 9.04. The molecule has 0 heterocycles. The first-order chi connectivity index (χ1) is 6.60. The maximum atomic E-state index is 11.2. The summed E-state index contributed by atoms with van der Waals surface area (Å²) in [6, 6.07) is 0. The van der Waals surface area contributed by atoms with Crippen LogP contribution >= 0.6 is 0 Å². The number of hydrogen-bond donors (Lipinski definition) is 0. The zero-order valence-electron chi connectivity index (χ0n) is 9.04. The van der Waals surface area contributed by atoms with Crippen LogP contribution in [0.2, 0.25) is 0 Å². The van der Waals surface area contributed by atoms with Gasteiger partial charge in [-0.25, -0.2) is 0 Å². The maximum absolute atomic E-state index is 11.2. The predicted molar refractivity (Wildman–Crippen MR) is 52.0 cm³/mol. The van der Waals surface area contributed by atoms with Crippen LogP contribution in [-0.4, -0.2) is 31.1 Å². The third-order valence-electron chi connectivity index (χ3n) is 1.55. The highest BCUT2D eigenvalue weighted by molar-refractivity contribution is 5.97. The molecule has 4 nitrogen and oxygen atoms in total. The molecule has 4 heteroatoms. The van der Waals surface area contributed by atoms with Gasteiger partial charge in [-0.15, -0.1) is 0 Å². The molecule has 0 bridgehead atoms. The van der Waals surface area contributed by atoms with E-state index in [4.69, 9.17) is 9.47 Å². The van der Waals surface area contributed by atoms with Crippen LogP contribution in [0.25, 0.3) is 0 Å². The van der Waals surface area contributed by atoms with Crippen LogP contribution in [0.1, 0.15) is 33.6 Å². The van der Waals surface area contributed by atoms with Crippen LogP contribution in [0.4, 0.5) is 0 Å². The summed E-state index contributed by atoms with van der Waals surface area (Å²) in [6.07, 6.45) is -0.380. The molecule has 0 amide bonds. The van der Waals surface area contributed by atoms with Crippen molar-refractivity contribution in [2.45, 2.75) is 39.9 Å². The van der Waals surface area contributed by atoms with Gasteiger partial charge in [0.1, 0.15) is 11.6 Å². The SMILES string of the molecule is CCOC(CC(=O)CC(C)=O)OCC. The van der Waals surface area contributed by atoms with E-state index < -0.39 is 6.29 Å². The molecule has 0 aromatic carbocycles. The fourth-order valence-corrected chi connectivity index (χ4v) is 1.07. The molecule has 0 aromatic rings. The lowest BCUT2D eigenvalue weighted by atomic mass is 10.1. The lowest BCUT2D eigenvalue weighted by Crippen LogP contribution is -2.22. The lowest BCUT2D eigenvalue weighted by Gasteiger charge is -2.15. The Labute approximate surface area is 84.6 Å². The summed E-state index contributed by atoms with van der Waals surface area (Å²) in [5, 5.41) is 0. The summed E-state index contributed by atoms with van der Waals surface area (Å²) in [7, 11) is 0. The molecule has 0 fully saturated rings. The minimum atomic E-state index is -0.503. The van der Waals surface area contributed by atoms with Crippen LogP contribution in [0.3, 0.4) is 0 Å². The molecule has 82 valence electrons. The van der Waals surface area contributed by atoms with E-state index in [0.717, 1.165) is 0 Å². The molecule has 0 aliphatic rings. The quantitative estimate of drug-likeness (QED) is 0.440. The molecule has 0 atom stereocenters. The smallest absolute Gasteiger partial charge is 0.164 e. The Morgan fingerprint density at radius 2 is 1.64 bits per heavy atom. The van der Waals surface area contributed by atoms with Gasteiger partial charge in [-0.1, -0.05) is 0 Å². The number of carbonyl (C=O) groups excluding carboxylic acids is 2. The second-order valence-corrected chi connectivity index (χ2v) is 2.96. The molecule has 14 heavy (non-hydrogen) atoms. The molecule has 0 saturated heterocycles. The van der Waals surface area contributed by atoms with E-state index in [9.17, 15) is 9.59 Å². The first kappa shape index (κ1) is 13.3. The summed E-state index contributed by atoms with van der Waals surface area (Å²) in [5.41, 5.74) is 0. The molecule has 0 saturated carbocycles. The van der Waals surface area contributed by atoms with Crippen molar-refractivity contribution in [1.29, 1.82) is 0 Å². The van der Waals surface area contributed by atoms with Crippen LogP contribution < -0.4 is 0 Å². The summed E-state index contributed by atoms with van der Waals surface area (Å²) in [6.45, 7) is 6.06. The Hall–Kier alpha value is -0.740. The molecular weight excluding hydrogens is 184 g/mol. The monoisotopic (exact) mass is 202 g/mol. The van der Waals surface area contributed by atoms with Crippen molar-refractivity contribution in [1.82, 2.24) is 0 Å².